The molecule has 0 aliphatic carbocycles. The lowest BCUT2D eigenvalue weighted by Crippen LogP contribution is -2.38. The number of nitrogens with one attached hydrogen (secondary N) is 2. The molecule has 0 radical (unpaired) electrons. The molecule has 0 atom stereocenters. The summed E-state index contributed by atoms with van der Waals surface area (Å²) < 4.78 is 5.66. The second-order valence-electron chi connectivity index (χ2n) is 8.25. The maximum absolute atomic E-state index is 5.66. The van der Waals surface area contributed by atoms with Gasteiger partial charge in [-0.25, -0.2) is 0 Å². The molecule has 29 heavy (non-hydrogen) atoms. The fourth-order valence-corrected chi connectivity index (χ4v) is 4.12. The molecule has 1 heterocycles. The van der Waals surface area contributed by atoms with E-state index in [4.69, 9.17) is 4.74 Å². The molecular weight excluding hydrogens is 371 g/mol. The van der Waals surface area contributed by atoms with E-state index in [0.29, 0.717) is 0 Å². The molecule has 1 aliphatic heterocycles. The average Bonchev–Trinajstić information content (AvgIpc) is 2.71. The van der Waals surface area contributed by atoms with Gasteiger partial charge in [-0.3, -0.25) is 0 Å². The predicted octanol–water partition coefficient (Wildman–Crippen LogP) is 5.68. The zero-order valence-electron chi connectivity index (χ0n) is 17.3. The van der Waals surface area contributed by atoms with Crippen LogP contribution < -0.4 is 15.2 Å². The number of anilines is 2. The van der Waals surface area contributed by atoms with E-state index in [9.17, 15) is 0 Å². The normalized spacial score (nSPS) is 13.2. The van der Waals surface area contributed by atoms with Crippen molar-refractivity contribution in [2.24, 2.45) is 0 Å². The minimum atomic E-state index is -1.47. The molecule has 0 fully saturated rings. The fraction of sp³-hybridized carbons (Fsp3) is 0.167. The molecule has 5 heteroatoms. The summed E-state index contributed by atoms with van der Waals surface area (Å²) >= 11 is 0. The van der Waals surface area contributed by atoms with Gasteiger partial charge in [0, 0.05) is 22.3 Å². The van der Waals surface area contributed by atoms with E-state index in [1.54, 1.807) is 7.11 Å². The Morgan fingerprint density at radius 3 is 2.21 bits per heavy atom. The lowest BCUT2D eigenvalue weighted by Gasteiger charge is -2.28. The van der Waals surface area contributed by atoms with Crippen molar-refractivity contribution >= 4 is 42.7 Å². The highest BCUT2D eigenvalue weighted by molar-refractivity contribution is 6.86. The van der Waals surface area contributed by atoms with Crippen molar-refractivity contribution in [3.8, 4) is 17.2 Å². The van der Waals surface area contributed by atoms with Crippen LogP contribution in [0.2, 0.25) is 19.6 Å². The molecule has 144 valence electrons. The minimum absolute atomic E-state index is 0.109. The molecule has 0 bridgehead atoms. The Balaban J connectivity index is 1.82. The van der Waals surface area contributed by atoms with Gasteiger partial charge in [0.2, 0.25) is 0 Å². The van der Waals surface area contributed by atoms with Crippen molar-refractivity contribution in [2.45, 2.75) is 19.6 Å². The number of hydrogen-bond acceptors (Lipinski definition) is 3. The van der Waals surface area contributed by atoms with Gasteiger partial charge in [-0.1, -0.05) is 68.0 Å². The van der Waals surface area contributed by atoms with Crippen molar-refractivity contribution < 1.29 is 4.74 Å². The first-order valence-electron chi connectivity index (χ1n) is 9.87. The van der Waals surface area contributed by atoms with Crippen LogP contribution >= 0.6 is 0 Å². The molecule has 1 aliphatic rings. The first-order chi connectivity index (χ1) is 14.0. The summed E-state index contributed by atoms with van der Waals surface area (Å²) in [5.41, 5.74) is 7.81. The highest BCUT2D eigenvalue weighted by atomic mass is 28.3. The zero-order chi connectivity index (χ0) is 20.4. The molecule has 0 saturated heterocycles. The molecule has 3 aromatic rings. The van der Waals surface area contributed by atoms with Gasteiger partial charge < -0.3 is 15.2 Å². The minimum Gasteiger partial charge on any atom is -0.496 e. The molecule has 0 amide bonds. The standard InChI is InChI=1S/C24H25BN2OSi/c1-28-23-16-6-5-12-19(23)20(13-9-17-29(2,3)4)25-26-21-14-7-10-18-11-8-15-22(27-25)24(18)21/h5-8,10-16,26-27H,1-4H3/b20-13+. The van der Waals surface area contributed by atoms with Gasteiger partial charge in [0.25, 0.3) is 0 Å². The number of benzene rings is 3. The van der Waals surface area contributed by atoms with Crippen LogP contribution in [0.1, 0.15) is 5.56 Å². The summed E-state index contributed by atoms with van der Waals surface area (Å²) in [6, 6.07) is 20.8. The third kappa shape index (κ3) is 4.03. The Hall–Kier alpha value is -3.10. The molecule has 0 saturated carbocycles. The molecule has 4 rings (SSSR count). The van der Waals surface area contributed by atoms with E-state index in [1.165, 1.54) is 10.8 Å². The van der Waals surface area contributed by atoms with Crippen LogP contribution in [0.3, 0.4) is 0 Å². The van der Waals surface area contributed by atoms with Crippen molar-refractivity contribution in [2.75, 3.05) is 17.6 Å². The summed E-state index contributed by atoms with van der Waals surface area (Å²) in [6.45, 7) is 6.66. The van der Waals surface area contributed by atoms with Crippen LogP contribution in [0.25, 0.3) is 16.2 Å². The molecule has 2 N–H and O–H groups in total. The Morgan fingerprint density at radius 2 is 1.59 bits per heavy atom. The topological polar surface area (TPSA) is 33.3 Å². The summed E-state index contributed by atoms with van der Waals surface area (Å²) in [7, 11) is 0.239. The maximum Gasteiger partial charge on any atom is 0.407 e. The number of hydrogen-bond donors (Lipinski definition) is 2. The molecule has 3 aromatic carbocycles. The summed E-state index contributed by atoms with van der Waals surface area (Å²) in [4.78, 5) is 0. The van der Waals surface area contributed by atoms with Crippen molar-refractivity contribution in [3.05, 3.63) is 72.3 Å². The van der Waals surface area contributed by atoms with Crippen LogP contribution in [0.5, 0.6) is 5.75 Å². The van der Waals surface area contributed by atoms with Crippen LogP contribution in [0, 0.1) is 11.5 Å². The van der Waals surface area contributed by atoms with E-state index < -0.39 is 8.07 Å². The smallest absolute Gasteiger partial charge is 0.407 e. The number of para-hydroxylation sites is 1. The lowest BCUT2D eigenvalue weighted by atomic mass is 9.62. The summed E-state index contributed by atoms with van der Waals surface area (Å²) in [5.74, 6) is 4.18. The molecule has 0 unspecified atom stereocenters. The van der Waals surface area contributed by atoms with E-state index in [1.807, 2.05) is 24.3 Å². The van der Waals surface area contributed by atoms with Gasteiger partial charge in [0.1, 0.15) is 13.8 Å². The lowest BCUT2D eigenvalue weighted by molar-refractivity contribution is 0.413. The molecular formula is C24H25BN2OSi. The number of rotatable bonds is 3. The summed E-state index contributed by atoms with van der Waals surface area (Å²) in [5, 5.41) is 9.78. The average molecular weight is 396 g/mol. The quantitative estimate of drug-likeness (QED) is 0.442. The first-order valence-corrected chi connectivity index (χ1v) is 13.4. The van der Waals surface area contributed by atoms with Crippen LogP contribution in [-0.4, -0.2) is 22.2 Å². The second-order valence-corrected chi connectivity index (χ2v) is 13.0. The number of methoxy groups -OCH3 is 1. The van der Waals surface area contributed by atoms with Gasteiger partial charge in [-0.05, 0) is 35.1 Å². The van der Waals surface area contributed by atoms with Gasteiger partial charge in [0.15, 0.2) is 0 Å². The van der Waals surface area contributed by atoms with Crippen LogP contribution in [-0.2, 0) is 0 Å². The van der Waals surface area contributed by atoms with E-state index >= 15 is 0 Å². The predicted molar refractivity (Wildman–Crippen MR) is 129 cm³/mol. The van der Waals surface area contributed by atoms with Gasteiger partial charge in [-0.15, -0.1) is 5.54 Å². The molecule has 0 aromatic heterocycles. The Kier molecular flexibility index (Phi) is 5.12. The van der Waals surface area contributed by atoms with Gasteiger partial charge in [-0.2, -0.15) is 0 Å². The highest BCUT2D eigenvalue weighted by Crippen LogP contribution is 2.37. The van der Waals surface area contributed by atoms with Crippen LogP contribution in [0.15, 0.2) is 66.7 Å². The SMILES string of the molecule is COc1ccccc1/C(=C\C#C[Si](C)(C)C)B1Nc2cccc3cccc(c23)N1. The third-order valence-electron chi connectivity index (χ3n) is 4.91. The summed E-state index contributed by atoms with van der Waals surface area (Å²) in [6.07, 6.45) is 2.04. The first kappa shape index (κ1) is 19.2. The van der Waals surface area contributed by atoms with Crippen LogP contribution in [0.4, 0.5) is 11.4 Å². The van der Waals surface area contributed by atoms with Crippen molar-refractivity contribution in [3.63, 3.8) is 0 Å². The Labute approximate surface area is 174 Å². The van der Waals surface area contributed by atoms with Crippen molar-refractivity contribution in [1.29, 1.82) is 0 Å². The Morgan fingerprint density at radius 1 is 0.931 bits per heavy atom. The second kappa shape index (κ2) is 7.73. The third-order valence-corrected chi connectivity index (χ3v) is 5.80. The number of ether oxygens (including phenoxy) is 1. The Bertz CT molecular complexity index is 1110. The largest absolute Gasteiger partial charge is 0.496 e. The molecule has 3 nitrogen and oxygen atoms in total. The van der Waals surface area contributed by atoms with E-state index in [2.05, 4.69) is 84.0 Å². The fourth-order valence-electron chi connectivity index (χ4n) is 3.61. The van der Waals surface area contributed by atoms with E-state index in [0.717, 1.165) is 28.2 Å². The van der Waals surface area contributed by atoms with Crippen molar-refractivity contribution in [1.82, 2.24) is 0 Å². The molecule has 0 spiro atoms. The van der Waals surface area contributed by atoms with Gasteiger partial charge >= 0.3 is 6.98 Å². The van der Waals surface area contributed by atoms with Gasteiger partial charge in [0.05, 0.1) is 7.11 Å². The zero-order valence-corrected chi connectivity index (χ0v) is 18.3. The maximum atomic E-state index is 5.66. The monoisotopic (exact) mass is 396 g/mol. The highest BCUT2D eigenvalue weighted by Gasteiger charge is 2.29. The van der Waals surface area contributed by atoms with E-state index in [-0.39, 0.29) is 6.98 Å². The number of allylic oxidation sites excluding steroid dienone is 1.